The Labute approximate surface area is 182 Å². The predicted octanol–water partition coefficient (Wildman–Crippen LogP) is 4.19. The van der Waals surface area contributed by atoms with Crippen LogP contribution in [0.4, 0.5) is 0 Å². The maximum atomic E-state index is 12.4. The van der Waals surface area contributed by atoms with Gasteiger partial charge in [-0.25, -0.2) is 4.79 Å². The number of allylic oxidation sites excluding steroid dienone is 5. The Morgan fingerprint density at radius 1 is 1.23 bits per heavy atom. The van der Waals surface area contributed by atoms with Gasteiger partial charge in [0.15, 0.2) is 5.78 Å². The van der Waals surface area contributed by atoms with E-state index in [1.807, 2.05) is 22.7 Å². The number of fused-ring (bicyclic) bond motifs is 1. The number of carbonyl (C=O) groups excluding carboxylic acids is 2. The fourth-order valence-electron chi connectivity index (χ4n) is 4.23. The maximum absolute atomic E-state index is 12.4. The van der Waals surface area contributed by atoms with Gasteiger partial charge in [-0.05, 0) is 54.7 Å². The first kappa shape index (κ1) is 21.1. The van der Waals surface area contributed by atoms with Crippen molar-refractivity contribution in [3.05, 3.63) is 70.7 Å². The molecular weight excluding hydrogens is 392 g/mol. The highest BCUT2D eigenvalue weighted by Crippen LogP contribution is 2.31. The van der Waals surface area contributed by atoms with Gasteiger partial charge in [-0.3, -0.25) is 4.79 Å². The molecular formula is C25H28N2O4. The molecule has 6 nitrogen and oxygen atoms in total. The number of aromatic nitrogens is 1. The summed E-state index contributed by atoms with van der Waals surface area (Å²) in [5.74, 6) is -0.482. The minimum absolute atomic E-state index is 0.0822. The number of Topliss-reactive ketones (excluding diaryl/α,β-unsaturated/α-hetero) is 1. The highest BCUT2D eigenvalue weighted by atomic mass is 16.5. The molecule has 1 aliphatic carbocycles. The Morgan fingerprint density at radius 3 is 2.71 bits per heavy atom. The van der Waals surface area contributed by atoms with Gasteiger partial charge in [-0.2, -0.15) is 0 Å². The number of esters is 1. The second-order valence-corrected chi connectivity index (χ2v) is 7.91. The molecule has 2 aliphatic rings. The van der Waals surface area contributed by atoms with E-state index in [9.17, 15) is 9.59 Å². The maximum Gasteiger partial charge on any atom is 0.338 e. The third kappa shape index (κ3) is 4.35. The van der Waals surface area contributed by atoms with Crippen LogP contribution in [-0.2, 0) is 9.47 Å². The van der Waals surface area contributed by atoms with Crippen LogP contribution in [0.2, 0.25) is 0 Å². The SMILES string of the molecule is CCOC(=O)c1cc2cc(C3=CC=CC(=CN4CCOCC4)C3)cn2c(C(C)=O)c1C. The number of ketones is 1. The molecule has 0 N–H and O–H groups in total. The van der Waals surface area contributed by atoms with E-state index in [0.717, 1.165) is 43.8 Å². The molecule has 1 fully saturated rings. The number of rotatable bonds is 5. The molecule has 3 heterocycles. The summed E-state index contributed by atoms with van der Waals surface area (Å²) >= 11 is 0. The average Bonchev–Trinajstić information content (AvgIpc) is 3.17. The Morgan fingerprint density at radius 2 is 2.00 bits per heavy atom. The number of ether oxygens (including phenoxy) is 2. The number of pyridine rings is 1. The van der Waals surface area contributed by atoms with Crippen molar-refractivity contribution in [2.45, 2.75) is 27.2 Å². The molecule has 1 aliphatic heterocycles. The van der Waals surface area contributed by atoms with Crippen molar-refractivity contribution in [1.29, 1.82) is 0 Å². The van der Waals surface area contributed by atoms with E-state index in [1.54, 1.807) is 13.8 Å². The lowest BCUT2D eigenvalue weighted by molar-refractivity contribution is 0.0525. The molecule has 4 rings (SSSR count). The summed E-state index contributed by atoms with van der Waals surface area (Å²) < 4.78 is 12.5. The molecule has 6 heteroatoms. The zero-order chi connectivity index (χ0) is 22.0. The Bertz CT molecular complexity index is 1110. The molecule has 1 saturated heterocycles. The molecule has 2 aromatic rings. The van der Waals surface area contributed by atoms with E-state index in [1.165, 1.54) is 18.1 Å². The van der Waals surface area contributed by atoms with Gasteiger partial charge in [-0.1, -0.05) is 18.2 Å². The molecule has 2 aromatic heterocycles. The molecule has 0 bridgehead atoms. The molecule has 162 valence electrons. The van der Waals surface area contributed by atoms with Crippen molar-refractivity contribution in [3.8, 4) is 0 Å². The lowest BCUT2D eigenvalue weighted by atomic mass is 9.96. The largest absolute Gasteiger partial charge is 0.462 e. The van der Waals surface area contributed by atoms with Crippen molar-refractivity contribution in [2.75, 3.05) is 32.9 Å². The van der Waals surface area contributed by atoms with Crippen LogP contribution in [0, 0.1) is 6.92 Å². The number of carbonyl (C=O) groups is 2. The van der Waals surface area contributed by atoms with Gasteiger partial charge in [0.2, 0.25) is 0 Å². The van der Waals surface area contributed by atoms with E-state index < -0.39 is 5.97 Å². The zero-order valence-electron chi connectivity index (χ0n) is 18.3. The Kier molecular flexibility index (Phi) is 6.09. The van der Waals surface area contributed by atoms with E-state index >= 15 is 0 Å². The molecule has 0 radical (unpaired) electrons. The van der Waals surface area contributed by atoms with Crippen molar-refractivity contribution in [3.63, 3.8) is 0 Å². The van der Waals surface area contributed by atoms with Crippen LogP contribution < -0.4 is 0 Å². The van der Waals surface area contributed by atoms with Crippen LogP contribution >= 0.6 is 0 Å². The normalized spacial score (nSPS) is 17.8. The number of hydrogen-bond acceptors (Lipinski definition) is 5. The zero-order valence-corrected chi connectivity index (χ0v) is 18.3. The first-order chi connectivity index (χ1) is 15.0. The molecule has 0 spiro atoms. The molecule has 0 unspecified atom stereocenters. The van der Waals surface area contributed by atoms with Crippen LogP contribution in [0.1, 0.15) is 52.2 Å². The van der Waals surface area contributed by atoms with E-state index in [-0.39, 0.29) is 5.78 Å². The molecule has 0 amide bonds. The second kappa shape index (κ2) is 8.94. The molecule has 0 saturated carbocycles. The first-order valence-corrected chi connectivity index (χ1v) is 10.7. The fourth-order valence-corrected chi connectivity index (χ4v) is 4.23. The summed E-state index contributed by atoms with van der Waals surface area (Å²) in [7, 11) is 0. The highest BCUT2D eigenvalue weighted by Gasteiger charge is 2.21. The van der Waals surface area contributed by atoms with Crippen LogP contribution in [-0.4, -0.2) is 54.0 Å². The fraction of sp³-hybridized carbons (Fsp3) is 0.360. The van der Waals surface area contributed by atoms with E-state index in [0.29, 0.717) is 23.4 Å². The smallest absolute Gasteiger partial charge is 0.338 e. The molecule has 0 aromatic carbocycles. The van der Waals surface area contributed by atoms with Gasteiger partial charge in [0, 0.05) is 37.9 Å². The quantitative estimate of drug-likeness (QED) is 0.536. The highest BCUT2D eigenvalue weighted by molar-refractivity contribution is 6.01. The minimum Gasteiger partial charge on any atom is -0.462 e. The van der Waals surface area contributed by atoms with E-state index in [2.05, 4.69) is 29.3 Å². The van der Waals surface area contributed by atoms with Crippen molar-refractivity contribution < 1.29 is 19.1 Å². The lowest BCUT2D eigenvalue weighted by Crippen LogP contribution is -2.32. The molecule has 31 heavy (non-hydrogen) atoms. The summed E-state index contributed by atoms with van der Waals surface area (Å²) in [5.41, 5.74) is 5.87. The standard InChI is InChI=1S/C25H28N2O4/c1-4-31-25(29)23-14-22-13-21(16-27(22)24(17(23)2)18(3)28)20-7-5-6-19(12-20)15-26-8-10-30-11-9-26/h5-7,13-16H,4,8-12H2,1-3H3. The topological polar surface area (TPSA) is 60.2 Å². The summed E-state index contributed by atoms with van der Waals surface area (Å²) in [4.78, 5) is 27.2. The first-order valence-electron chi connectivity index (χ1n) is 10.7. The van der Waals surface area contributed by atoms with Gasteiger partial charge in [0.1, 0.15) is 0 Å². The number of nitrogens with zero attached hydrogens (tertiary/aromatic N) is 2. The van der Waals surface area contributed by atoms with E-state index in [4.69, 9.17) is 9.47 Å². The Balaban J connectivity index is 1.70. The van der Waals surface area contributed by atoms with Gasteiger partial charge in [0.25, 0.3) is 0 Å². The van der Waals surface area contributed by atoms with Gasteiger partial charge < -0.3 is 18.8 Å². The van der Waals surface area contributed by atoms with Crippen LogP contribution in [0.25, 0.3) is 11.1 Å². The van der Waals surface area contributed by atoms with Crippen molar-refractivity contribution in [1.82, 2.24) is 9.30 Å². The van der Waals surface area contributed by atoms with Crippen LogP contribution in [0.5, 0.6) is 0 Å². The second-order valence-electron chi connectivity index (χ2n) is 7.91. The van der Waals surface area contributed by atoms with Gasteiger partial charge in [-0.15, -0.1) is 0 Å². The summed E-state index contributed by atoms with van der Waals surface area (Å²) in [6.45, 7) is 8.74. The predicted molar refractivity (Wildman–Crippen MR) is 120 cm³/mol. The van der Waals surface area contributed by atoms with Gasteiger partial charge >= 0.3 is 5.97 Å². The summed E-state index contributed by atoms with van der Waals surface area (Å²) in [5, 5.41) is 0. The van der Waals surface area contributed by atoms with Crippen LogP contribution in [0.3, 0.4) is 0 Å². The monoisotopic (exact) mass is 420 g/mol. The summed E-state index contributed by atoms with van der Waals surface area (Å²) in [6.07, 6.45) is 11.3. The van der Waals surface area contributed by atoms with Crippen molar-refractivity contribution >= 4 is 22.8 Å². The Hall–Kier alpha value is -3.12. The third-order valence-electron chi connectivity index (χ3n) is 5.74. The number of hydrogen-bond donors (Lipinski definition) is 0. The van der Waals surface area contributed by atoms with Crippen molar-refractivity contribution in [2.24, 2.45) is 0 Å². The number of morpholine rings is 1. The lowest BCUT2D eigenvalue weighted by Gasteiger charge is -2.26. The minimum atomic E-state index is -0.400. The summed E-state index contributed by atoms with van der Waals surface area (Å²) in [6, 6.07) is 3.85. The van der Waals surface area contributed by atoms with Gasteiger partial charge in [0.05, 0.1) is 31.1 Å². The molecule has 0 atom stereocenters. The van der Waals surface area contributed by atoms with Crippen LogP contribution in [0.15, 0.2) is 48.3 Å². The average molecular weight is 421 g/mol. The third-order valence-corrected chi connectivity index (χ3v) is 5.74.